The second-order valence-corrected chi connectivity index (χ2v) is 4.27. The van der Waals surface area contributed by atoms with Gasteiger partial charge in [0.1, 0.15) is 0 Å². The van der Waals surface area contributed by atoms with Gasteiger partial charge in [-0.1, -0.05) is 6.07 Å². The van der Waals surface area contributed by atoms with Crippen LogP contribution < -0.4 is 16.8 Å². The number of hydrogen-bond donors (Lipinski definition) is 4. The molecule has 0 aliphatic heterocycles. The molecule has 0 bridgehead atoms. The molecular weight excluding hydrogens is 242 g/mol. The molecule has 0 fully saturated rings. The SMILES string of the molecule is Cc1cc(C(=O)Nc2cccc(N)c2O)ccc1N. The zero-order chi connectivity index (χ0) is 14.0. The molecule has 0 aliphatic carbocycles. The molecule has 0 unspecified atom stereocenters. The minimum atomic E-state index is -0.330. The maximum Gasteiger partial charge on any atom is 0.255 e. The van der Waals surface area contributed by atoms with Crippen LogP contribution in [0.4, 0.5) is 17.1 Å². The summed E-state index contributed by atoms with van der Waals surface area (Å²) in [7, 11) is 0. The van der Waals surface area contributed by atoms with Crippen LogP contribution in [0.25, 0.3) is 0 Å². The Bertz CT molecular complexity index is 639. The lowest BCUT2D eigenvalue weighted by Crippen LogP contribution is -2.12. The number of hydrogen-bond acceptors (Lipinski definition) is 4. The van der Waals surface area contributed by atoms with E-state index in [0.29, 0.717) is 11.3 Å². The standard InChI is InChI=1S/C14H15N3O2/c1-8-7-9(5-6-10(8)15)14(19)17-12-4-2-3-11(16)13(12)18/h2-7,18H,15-16H2,1H3,(H,17,19). The lowest BCUT2D eigenvalue weighted by molar-refractivity contribution is 0.102. The summed E-state index contributed by atoms with van der Waals surface area (Å²) in [5.41, 5.74) is 13.7. The van der Waals surface area contributed by atoms with Crippen LogP contribution in [-0.2, 0) is 0 Å². The van der Waals surface area contributed by atoms with E-state index in [-0.39, 0.29) is 23.0 Å². The van der Waals surface area contributed by atoms with Crippen molar-refractivity contribution in [2.75, 3.05) is 16.8 Å². The number of anilines is 3. The number of rotatable bonds is 2. The lowest BCUT2D eigenvalue weighted by Gasteiger charge is -2.09. The number of nitrogen functional groups attached to an aromatic ring is 2. The van der Waals surface area contributed by atoms with Crippen molar-refractivity contribution in [3.63, 3.8) is 0 Å². The molecule has 2 aromatic carbocycles. The molecule has 6 N–H and O–H groups in total. The van der Waals surface area contributed by atoms with E-state index in [1.54, 1.807) is 36.4 Å². The van der Waals surface area contributed by atoms with Gasteiger partial charge in [-0.3, -0.25) is 4.79 Å². The average Bonchev–Trinajstić information content (AvgIpc) is 2.38. The maximum absolute atomic E-state index is 12.0. The van der Waals surface area contributed by atoms with Gasteiger partial charge < -0.3 is 21.9 Å². The van der Waals surface area contributed by atoms with E-state index in [1.807, 2.05) is 6.92 Å². The second-order valence-electron chi connectivity index (χ2n) is 4.27. The highest BCUT2D eigenvalue weighted by Gasteiger charge is 2.11. The molecule has 0 saturated heterocycles. The van der Waals surface area contributed by atoms with Gasteiger partial charge in [-0.25, -0.2) is 0 Å². The first-order chi connectivity index (χ1) is 8.99. The number of benzene rings is 2. The Morgan fingerprint density at radius 1 is 1.16 bits per heavy atom. The van der Waals surface area contributed by atoms with Gasteiger partial charge in [-0.05, 0) is 42.8 Å². The fourth-order valence-corrected chi connectivity index (χ4v) is 1.67. The summed E-state index contributed by atoms with van der Waals surface area (Å²) in [6, 6.07) is 9.77. The molecule has 0 heterocycles. The third kappa shape index (κ3) is 2.60. The molecule has 2 aromatic rings. The number of phenols is 1. The molecule has 0 aromatic heterocycles. The predicted molar refractivity (Wildman–Crippen MR) is 76.1 cm³/mol. The van der Waals surface area contributed by atoms with Crippen molar-refractivity contribution in [2.45, 2.75) is 6.92 Å². The first-order valence-electron chi connectivity index (χ1n) is 5.74. The molecule has 0 atom stereocenters. The van der Waals surface area contributed by atoms with Crippen molar-refractivity contribution in [3.05, 3.63) is 47.5 Å². The van der Waals surface area contributed by atoms with Gasteiger partial charge in [0.05, 0.1) is 11.4 Å². The number of phenolic OH excluding ortho intramolecular Hbond substituents is 1. The minimum absolute atomic E-state index is 0.136. The number of para-hydroxylation sites is 1. The van der Waals surface area contributed by atoms with Gasteiger partial charge in [-0.15, -0.1) is 0 Å². The van der Waals surface area contributed by atoms with Crippen molar-refractivity contribution >= 4 is 23.0 Å². The van der Waals surface area contributed by atoms with Gasteiger partial charge in [0.25, 0.3) is 5.91 Å². The summed E-state index contributed by atoms with van der Waals surface area (Å²) in [6.45, 7) is 1.82. The number of nitrogens with one attached hydrogen (secondary N) is 1. The predicted octanol–water partition coefficient (Wildman–Crippen LogP) is 2.12. The van der Waals surface area contributed by atoms with Gasteiger partial charge in [0.15, 0.2) is 5.75 Å². The average molecular weight is 257 g/mol. The highest BCUT2D eigenvalue weighted by atomic mass is 16.3. The van der Waals surface area contributed by atoms with Crippen molar-refractivity contribution in [1.82, 2.24) is 0 Å². The quantitative estimate of drug-likeness (QED) is 0.489. The third-order valence-electron chi connectivity index (χ3n) is 2.85. The van der Waals surface area contributed by atoms with E-state index < -0.39 is 0 Å². The molecule has 1 amide bonds. The molecular formula is C14H15N3O2. The highest BCUT2D eigenvalue weighted by molar-refractivity contribution is 6.05. The lowest BCUT2D eigenvalue weighted by atomic mass is 10.1. The molecule has 98 valence electrons. The van der Waals surface area contributed by atoms with E-state index in [2.05, 4.69) is 5.32 Å². The third-order valence-corrected chi connectivity index (χ3v) is 2.85. The number of aromatic hydroxyl groups is 1. The van der Waals surface area contributed by atoms with Gasteiger partial charge in [0.2, 0.25) is 0 Å². The highest BCUT2D eigenvalue weighted by Crippen LogP contribution is 2.29. The number of amides is 1. The summed E-state index contributed by atoms with van der Waals surface area (Å²) in [4.78, 5) is 12.0. The summed E-state index contributed by atoms with van der Waals surface area (Å²) >= 11 is 0. The largest absolute Gasteiger partial charge is 0.504 e. The van der Waals surface area contributed by atoms with Crippen molar-refractivity contribution in [3.8, 4) is 5.75 Å². The molecule has 5 heteroatoms. The van der Waals surface area contributed by atoms with Gasteiger partial charge in [-0.2, -0.15) is 0 Å². The van der Waals surface area contributed by atoms with Crippen LogP contribution >= 0.6 is 0 Å². The molecule has 0 saturated carbocycles. The first-order valence-corrected chi connectivity index (χ1v) is 5.74. The van der Waals surface area contributed by atoms with Crippen LogP contribution in [0.5, 0.6) is 5.75 Å². The normalized spacial score (nSPS) is 10.2. The van der Waals surface area contributed by atoms with E-state index in [9.17, 15) is 9.90 Å². The topological polar surface area (TPSA) is 101 Å². The van der Waals surface area contributed by atoms with Crippen LogP contribution in [-0.4, -0.2) is 11.0 Å². The fourth-order valence-electron chi connectivity index (χ4n) is 1.67. The van der Waals surface area contributed by atoms with Gasteiger partial charge in [0, 0.05) is 11.3 Å². The number of carbonyl (C=O) groups is 1. The molecule has 0 aliphatic rings. The zero-order valence-corrected chi connectivity index (χ0v) is 10.5. The summed E-state index contributed by atoms with van der Waals surface area (Å²) < 4.78 is 0. The number of aryl methyl sites for hydroxylation is 1. The molecule has 0 radical (unpaired) electrons. The summed E-state index contributed by atoms with van der Waals surface area (Å²) in [5, 5.41) is 12.3. The fraction of sp³-hybridized carbons (Fsp3) is 0.0714. The molecule has 5 nitrogen and oxygen atoms in total. The number of nitrogens with two attached hydrogens (primary N) is 2. The molecule has 2 rings (SSSR count). The van der Waals surface area contributed by atoms with Crippen molar-refractivity contribution in [1.29, 1.82) is 0 Å². The Morgan fingerprint density at radius 3 is 2.58 bits per heavy atom. The number of carbonyl (C=O) groups excluding carboxylic acids is 1. The van der Waals surface area contributed by atoms with E-state index in [4.69, 9.17) is 11.5 Å². The Labute approximate surface area is 110 Å². The van der Waals surface area contributed by atoms with E-state index in [0.717, 1.165) is 5.56 Å². The zero-order valence-electron chi connectivity index (χ0n) is 10.5. The van der Waals surface area contributed by atoms with Crippen LogP contribution in [0.15, 0.2) is 36.4 Å². The molecule has 19 heavy (non-hydrogen) atoms. The Morgan fingerprint density at radius 2 is 1.89 bits per heavy atom. The Kier molecular flexibility index (Phi) is 3.29. The smallest absolute Gasteiger partial charge is 0.255 e. The molecule has 0 spiro atoms. The van der Waals surface area contributed by atoms with E-state index >= 15 is 0 Å². The van der Waals surface area contributed by atoms with Crippen LogP contribution in [0.1, 0.15) is 15.9 Å². The monoisotopic (exact) mass is 257 g/mol. The van der Waals surface area contributed by atoms with Gasteiger partial charge >= 0.3 is 0 Å². The Hall–Kier alpha value is -2.69. The minimum Gasteiger partial charge on any atom is -0.504 e. The summed E-state index contributed by atoms with van der Waals surface area (Å²) in [5.74, 6) is -0.466. The maximum atomic E-state index is 12.0. The van der Waals surface area contributed by atoms with Crippen LogP contribution in [0.3, 0.4) is 0 Å². The van der Waals surface area contributed by atoms with Crippen molar-refractivity contribution in [2.24, 2.45) is 0 Å². The first kappa shape index (κ1) is 12.8. The van der Waals surface area contributed by atoms with Crippen LogP contribution in [0.2, 0.25) is 0 Å². The van der Waals surface area contributed by atoms with E-state index in [1.165, 1.54) is 0 Å². The Balaban J connectivity index is 2.26. The second kappa shape index (κ2) is 4.89. The van der Waals surface area contributed by atoms with Crippen molar-refractivity contribution < 1.29 is 9.90 Å². The van der Waals surface area contributed by atoms with Crippen LogP contribution in [0, 0.1) is 6.92 Å². The summed E-state index contributed by atoms with van der Waals surface area (Å²) in [6.07, 6.45) is 0.